The van der Waals surface area contributed by atoms with Crippen LogP contribution in [-0.4, -0.2) is 20.9 Å². The Hall–Kier alpha value is -2.30. The molecule has 0 unspecified atom stereocenters. The maximum absolute atomic E-state index is 11.2. The Labute approximate surface area is 111 Å². The summed E-state index contributed by atoms with van der Waals surface area (Å²) in [6.07, 6.45) is 2.64. The monoisotopic (exact) mass is 259 g/mol. The van der Waals surface area contributed by atoms with Gasteiger partial charge in [0.1, 0.15) is 0 Å². The normalized spacial score (nSPS) is 10.5. The molecule has 0 amide bonds. The van der Waals surface area contributed by atoms with Gasteiger partial charge in [0, 0.05) is 13.2 Å². The number of nitrogens with zero attached hydrogens (tertiary/aromatic N) is 2. The van der Waals surface area contributed by atoms with Crippen molar-refractivity contribution in [3.05, 3.63) is 41.2 Å². The first-order valence-electron chi connectivity index (χ1n) is 6.14. The minimum Gasteiger partial charge on any atom is -0.478 e. The molecule has 1 heterocycles. The van der Waals surface area contributed by atoms with E-state index in [4.69, 9.17) is 0 Å². The van der Waals surface area contributed by atoms with Crippen LogP contribution in [0.25, 0.3) is 0 Å². The van der Waals surface area contributed by atoms with Crippen molar-refractivity contribution in [1.82, 2.24) is 9.78 Å². The summed E-state index contributed by atoms with van der Waals surface area (Å²) in [5.41, 5.74) is 3.62. The molecule has 0 aliphatic carbocycles. The van der Waals surface area contributed by atoms with Crippen molar-refractivity contribution in [2.24, 2.45) is 7.05 Å². The molecular formula is C14H17N3O2. The van der Waals surface area contributed by atoms with Gasteiger partial charge >= 0.3 is 5.97 Å². The van der Waals surface area contributed by atoms with E-state index in [2.05, 4.69) is 10.4 Å². The van der Waals surface area contributed by atoms with E-state index in [1.807, 2.05) is 33.2 Å². The molecule has 0 spiro atoms. The molecule has 1 aromatic carbocycles. The Kier molecular flexibility index (Phi) is 3.55. The molecule has 0 fully saturated rings. The predicted molar refractivity (Wildman–Crippen MR) is 74.0 cm³/mol. The first-order valence-corrected chi connectivity index (χ1v) is 6.14. The lowest BCUT2D eigenvalue weighted by atomic mass is 10.1. The molecule has 1 aromatic heterocycles. The largest absolute Gasteiger partial charge is 0.478 e. The van der Waals surface area contributed by atoms with Crippen molar-refractivity contribution in [2.45, 2.75) is 20.3 Å². The van der Waals surface area contributed by atoms with E-state index in [0.717, 1.165) is 23.4 Å². The molecule has 0 aliphatic rings. The Morgan fingerprint density at radius 2 is 2.16 bits per heavy atom. The molecular weight excluding hydrogens is 242 g/mol. The third-order valence-electron chi connectivity index (χ3n) is 2.91. The van der Waals surface area contributed by atoms with Crippen molar-refractivity contribution in [3.63, 3.8) is 0 Å². The predicted octanol–water partition coefficient (Wildman–Crippen LogP) is 2.73. The average Bonchev–Trinajstić information content (AvgIpc) is 2.69. The van der Waals surface area contributed by atoms with Crippen LogP contribution in [0.15, 0.2) is 24.4 Å². The van der Waals surface area contributed by atoms with Gasteiger partial charge in [0.25, 0.3) is 0 Å². The number of aromatic carboxylic acids is 1. The minimum absolute atomic E-state index is 0.261. The molecule has 0 saturated heterocycles. The van der Waals surface area contributed by atoms with E-state index in [9.17, 15) is 9.90 Å². The number of aromatic nitrogens is 2. The van der Waals surface area contributed by atoms with Gasteiger partial charge in [-0.1, -0.05) is 13.0 Å². The lowest BCUT2D eigenvalue weighted by molar-refractivity contribution is 0.0698. The second-order valence-electron chi connectivity index (χ2n) is 4.50. The third kappa shape index (κ3) is 2.76. The van der Waals surface area contributed by atoms with E-state index in [0.29, 0.717) is 5.69 Å². The number of carboxylic acids is 1. The van der Waals surface area contributed by atoms with Crippen LogP contribution in [0, 0.1) is 6.92 Å². The molecule has 2 aromatic rings. The minimum atomic E-state index is -0.940. The first kappa shape index (κ1) is 13.1. The Morgan fingerprint density at radius 1 is 1.42 bits per heavy atom. The molecule has 0 saturated carbocycles. The van der Waals surface area contributed by atoms with E-state index in [1.54, 1.807) is 16.8 Å². The van der Waals surface area contributed by atoms with Gasteiger partial charge < -0.3 is 10.4 Å². The summed E-state index contributed by atoms with van der Waals surface area (Å²) in [6, 6.07) is 5.23. The molecule has 0 atom stereocenters. The van der Waals surface area contributed by atoms with Crippen molar-refractivity contribution in [3.8, 4) is 0 Å². The SMILES string of the molecule is CCc1nn(C)cc1Nc1cc(C)ccc1C(=O)O. The zero-order valence-electron chi connectivity index (χ0n) is 11.3. The zero-order chi connectivity index (χ0) is 14.0. The van der Waals surface area contributed by atoms with E-state index in [1.165, 1.54) is 0 Å². The number of rotatable bonds is 4. The molecule has 2 rings (SSSR count). The first-order chi connectivity index (χ1) is 9.01. The van der Waals surface area contributed by atoms with Gasteiger partial charge in [-0.2, -0.15) is 5.10 Å². The van der Waals surface area contributed by atoms with Crippen LogP contribution in [0.4, 0.5) is 11.4 Å². The van der Waals surface area contributed by atoms with E-state index in [-0.39, 0.29) is 5.56 Å². The Balaban J connectivity index is 2.42. The quantitative estimate of drug-likeness (QED) is 0.886. The standard InChI is InChI=1S/C14H17N3O2/c1-4-11-13(8-17(3)16-11)15-12-7-9(2)5-6-10(12)14(18)19/h5-8,15H,4H2,1-3H3,(H,18,19). The van der Waals surface area contributed by atoms with Gasteiger partial charge in [-0.15, -0.1) is 0 Å². The summed E-state index contributed by atoms with van der Waals surface area (Å²) in [5.74, 6) is -0.940. The summed E-state index contributed by atoms with van der Waals surface area (Å²) < 4.78 is 1.72. The number of carboxylic acid groups (broad SMARTS) is 1. The van der Waals surface area contributed by atoms with Gasteiger partial charge in [-0.05, 0) is 31.0 Å². The third-order valence-corrected chi connectivity index (χ3v) is 2.91. The van der Waals surface area contributed by atoms with Crippen LogP contribution in [0.5, 0.6) is 0 Å². The maximum atomic E-state index is 11.2. The number of carbonyl (C=O) groups is 1. The molecule has 5 heteroatoms. The van der Waals surface area contributed by atoms with Crippen LogP contribution < -0.4 is 5.32 Å². The summed E-state index contributed by atoms with van der Waals surface area (Å²) in [6.45, 7) is 3.95. The number of benzene rings is 1. The van der Waals surface area contributed by atoms with Crippen LogP contribution in [0.2, 0.25) is 0 Å². The highest BCUT2D eigenvalue weighted by Gasteiger charge is 2.13. The van der Waals surface area contributed by atoms with Gasteiger partial charge in [0.15, 0.2) is 0 Å². The summed E-state index contributed by atoms with van der Waals surface area (Å²) >= 11 is 0. The number of hydrogen-bond acceptors (Lipinski definition) is 3. The Bertz CT molecular complexity index is 617. The fraction of sp³-hybridized carbons (Fsp3) is 0.286. The Morgan fingerprint density at radius 3 is 2.79 bits per heavy atom. The smallest absolute Gasteiger partial charge is 0.337 e. The highest BCUT2D eigenvalue weighted by atomic mass is 16.4. The van der Waals surface area contributed by atoms with Crippen molar-refractivity contribution in [2.75, 3.05) is 5.32 Å². The number of aryl methyl sites for hydroxylation is 3. The molecule has 0 radical (unpaired) electrons. The van der Waals surface area contributed by atoms with Crippen molar-refractivity contribution < 1.29 is 9.90 Å². The molecule has 100 valence electrons. The number of hydrogen-bond donors (Lipinski definition) is 2. The van der Waals surface area contributed by atoms with Gasteiger partial charge in [-0.3, -0.25) is 4.68 Å². The van der Waals surface area contributed by atoms with Crippen molar-refractivity contribution >= 4 is 17.3 Å². The average molecular weight is 259 g/mol. The second-order valence-corrected chi connectivity index (χ2v) is 4.50. The van der Waals surface area contributed by atoms with Crippen LogP contribution in [0.1, 0.15) is 28.5 Å². The maximum Gasteiger partial charge on any atom is 0.337 e. The van der Waals surface area contributed by atoms with Gasteiger partial charge in [0.05, 0.1) is 22.6 Å². The summed E-state index contributed by atoms with van der Waals surface area (Å²) in [5, 5.41) is 16.7. The molecule has 19 heavy (non-hydrogen) atoms. The van der Waals surface area contributed by atoms with E-state index < -0.39 is 5.97 Å². The topological polar surface area (TPSA) is 67.2 Å². The van der Waals surface area contributed by atoms with Gasteiger partial charge in [-0.25, -0.2) is 4.79 Å². The fourth-order valence-corrected chi connectivity index (χ4v) is 1.99. The van der Waals surface area contributed by atoms with E-state index >= 15 is 0 Å². The van der Waals surface area contributed by atoms with Gasteiger partial charge in [0.2, 0.25) is 0 Å². The zero-order valence-corrected chi connectivity index (χ0v) is 11.3. The van der Waals surface area contributed by atoms with Crippen LogP contribution >= 0.6 is 0 Å². The van der Waals surface area contributed by atoms with Crippen LogP contribution in [-0.2, 0) is 13.5 Å². The lowest BCUT2D eigenvalue weighted by Gasteiger charge is -2.10. The fourth-order valence-electron chi connectivity index (χ4n) is 1.99. The molecule has 5 nitrogen and oxygen atoms in total. The molecule has 0 aliphatic heterocycles. The highest BCUT2D eigenvalue weighted by Crippen LogP contribution is 2.24. The second kappa shape index (κ2) is 5.14. The molecule has 2 N–H and O–H groups in total. The van der Waals surface area contributed by atoms with Crippen LogP contribution in [0.3, 0.4) is 0 Å². The summed E-state index contributed by atoms with van der Waals surface area (Å²) in [7, 11) is 1.85. The number of nitrogens with one attached hydrogen (secondary N) is 1. The summed E-state index contributed by atoms with van der Waals surface area (Å²) in [4.78, 5) is 11.2. The van der Waals surface area contributed by atoms with Crippen molar-refractivity contribution in [1.29, 1.82) is 0 Å². The lowest BCUT2D eigenvalue weighted by Crippen LogP contribution is -2.03. The number of anilines is 2. The highest BCUT2D eigenvalue weighted by molar-refractivity contribution is 5.95. The molecule has 0 bridgehead atoms.